The van der Waals surface area contributed by atoms with Crippen LogP contribution in [0.3, 0.4) is 0 Å². The van der Waals surface area contributed by atoms with Crippen molar-refractivity contribution in [2.24, 2.45) is 11.3 Å². The molecule has 0 aromatic carbocycles. The fourth-order valence-electron chi connectivity index (χ4n) is 2.62. The second-order valence-corrected chi connectivity index (χ2v) is 7.95. The van der Waals surface area contributed by atoms with Crippen molar-refractivity contribution in [2.45, 2.75) is 65.8 Å². The third kappa shape index (κ3) is 4.25. The maximum absolute atomic E-state index is 11.5. The normalized spacial score (nSPS) is 27.1. The molecule has 3 nitrogen and oxygen atoms in total. The minimum atomic E-state index is -3.03. The van der Waals surface area contributed by atoms with Crippen LogP contribution in [0.4, 0.5) is 0 Å². The van der Waals surface area contributed by atoms with Gasteiger partial charge in [-0.05, 0) is 43.9 Å². The number of nitrogens with one attached hydrogen (secondary N) is 1. The van der Waals surface area contributed by atoms with E-state index in [1.807, 2.05) is 0 Å². The van der Waals surface area contributed by atoms with Crippen molar-refractivity contribution in [3.8, 4) is 0 Å². The van der Waals surface area contributed by atoms with Gasteiger partial charge in [0.25, 0.3) is 0 Å². The van der Waals surface area contributed by atoms with Gasteiger partial charge in [-0.25, -0.2) is 13.1 Å². The van der Waals surface area contributed by atoms with Crippen molar-refractivity contribution in [3.05, 3.63) is 0 Å². The zero-order valence-corrected chi connectivity index (χ0v) is 12.4. The van der Waals surface area contributed by atoms with E-state index in [0.717, 1.165) is 31.6 Å². The Hall–Kier alpha value is -0.0900. The van der Waals surface area contributed by atoms with Crippen LogP contribution in [0.15, 0.2) is 0 Å². The Morgan fingerprint density at radius 1 is 1.12 bits per heavy atom. The van der Waals surface area contributed by atoms with Crippen molar-refractivity contribution in [1.29, 1.82) is 0 Å². The molecule has 1 N–H and O–H groups in total. The van der Waals surface area contributed by atoms with Gasteiger partial charge in [-0.1, -0.05) is 27.2 Å². The van der Waals surface area contributed by atoms with Crippen LogP contribution in [0, 0.1) is 11.3 Å². The average molecular weight is 261 g/mol. The van der Waals surface area contributed by atoms with E-state index >= 15 is 0 Å². The Labute approximate surface area is 106 Å². The molecule has 1 aliphatic carbocycles. The smallest absolute Gasteiger partial charge is 0.211 e. The highest BCUT2D eigenvalue weighted by Gasteiger charge is 2.32. The molecular weight excluding hydrogens is 234 g/mol. The summed E-state index contributed by atoms with van der Waals surface area (Å²) in [4.78, 5) is 0. The standard InChI is InChI=1S/C13H27NO2S/c1-5-13(3,4)11-7-9-12(10-8-11)14-17(15,16)6-2/h11-12,14H,5-10H2,1-4H3. The van der Waals surface area contributed by atoms with Gasteiger partial charge >= 0.3 is 0 Å². The quantitative estimate of drug-likeness (QED) is 0.827. The van der Waals surface area contributed by atoms with Gasteiger partial charge in [0.05, 0.1) is 5.75 Å². The first kappa shape index (κ1) is 15.0. The predicted molar refractivity (Wildman–Crippen MR) is 72.4 cm³/mol. The van der Waals surface area contributed by atoms with Gasteiger partial charge in [0.15, 0.2) is 0 Å². The van der Waals surface area contributed by atoms with Gasteiger partial charge in [-0.3, -0.25) is 0 Å². The SMILES string of the molecule is CCC(C)(C)C1CCC(NS(=O)(=O)CC)CC1. The van der Waals surface area contributed by atoms with Crippen LogP contribution in [0.2, 0.25) is 0 Å². The summed E-state index contributed by atoms with van der Waals surface area (Å²) in [5, 5.41) is 0. The molecule has 0 aromatic heterocycles. The molecule has 0 saturated heterocycles. The van der Waals surface area contributed by atoms with Crippen LogP contribution in [-0.2, 0) is 10.0 Å². The number of sulfonamides is 1. The summed E-state index contributed by atoms with van der Waals surface area (Å²) < 4.78 is 25.8. The summed E-state index contributed by atoms with van der Waals surface area (Å²) in [5.41, 5.74) is 0.397. The third-order valence-corrected chi connectivity index (χ3v) is 5.92. The van der Waals surface area contributed by atoms with Gasteiger partial charge < -0.3 is 0 Å². The molecular formula is C13H27NO2S. The van der Waals surface area contributed by atoms with E-state index in [9.17, 15) is 8.42 Å². The molecule has 0 aliphatic heterocycles. The average Bonchev–Trinajstić information content (AvgIpc) is 2.29. The fourth-order valence-corrected chi connectivity index (χ4v) is 3.53. The first-order valence-electron chi connectivity index (χ1n) is 6.80. The molecule has 0 amide bonds. The van der Waals surface area contributed by atoms with Gasteiger partial charge in [-0.15, -0.1) is 0 Å². The molecule has 0 radical (unpaired) electrons. The second-order valence-electron chi connectivity index (χ2n) is 5.91. The summed E-state index contributed by atoms with van der Waals surface area (Å²) in [5.74, 6) is 0.933. The van der Waals surface area contributed by atoms with E-state index in [0.29, 0.717) is 5.41 Å². The molecule has 1 saturated carbocycles. The monoisotopic (exact) mass is 261 g/mol. The summed E-state index contributed by atoms with van der Waals surface area (Å²) in [7, 11) is -3.03. The summed E-state index contributed by atoms with van der Waals surface area (Å²) in [6, 6.07) is 0.170. The molecule has 0 atom stereocenters. The van der Waals surface area contributed by atoms with E-state index in [2.05, 4.69) is 25.5 Å². The number of rotatable bonds is 5. The minimum absolute atomic E-state index is 0.170. The van der Waals surface area contributed by atoms with Crippen LogP contribution in [-0.4, -0.2) is 20.2 Å². The molecule has 0 bridgehead atoms. The molecule has 17 heavy (non-hydrogen) atoms. The van der Waals surface area contributed by atoms with Gasteiger partial charge in [0, 0.05) is 6.04 Å². The molecule has 4 heteroatoms. The van der Waals surface area contributed by atoms with Crippen LogP contribution < -0.4 is 4.72 Å². The van der Waals surface area contributed by atoms with Crippen molar-refractivity contribution >= 4 is 10.0 Å². The molecule has 1 rings (SSSR count). The molecule has 1 fully saturated rings. The number of hydrogen-bond acceptors (Lipinski definition) is 2. The fraction of sp³-hybridized carbons (Fsp3) is 1.00. The van der Waals surface area contributed by atoms with E-state index in [4.69, 9.17) is 0 Å². The van der Waals surface area contributed by atoms with Crippen LogP contribution in [0.5, 0.6) is 0 Å². The first-order chi connectivity index (χ1) is 7.80. The molecule has 1 aliphatic rings. The lowest BCUT2D eigenvalue weighted by Crippen LogP contribution is -2.40. The van der Waals surface area contributed by atoms with E-state index < -0.39 is 10.0 Å². The van der Waals surface area contributed by atoms with Crippen LogP contribution in [0.1, 0.15) is 59.8 Å². The highest BCUT2D eigenvalue weighted by atomic mass is 32.2. The highest BCUT2D eigenvalue weighted by molar-refractivity contribution is 7.89. The first-order valence-corrected chi connectivity index (χ1v) is 8.46. The Balaban J connectivity index is 2.47. The van der Waals surface area contributed by atoms with Crippen molar-refractivity contribution in [3.63, 3.8) is 0 Å². The summed E-state index contributed by atoms with van der Waals surface area (Å²) >= 11 is 0. The predicted octanol–water partition coefficient (Wildman–Crippen LogP) is 2.92. The lowest BCUT2D eigenvalue weighted by Gasteiger charge is -2.38. The van der Waals surface area contributed by atoms with E-state index in [1.54, 1.807) is 6.92 Å². The molecule has 0 spiro atoms. The molecule has 0 aromatic rings. The van der Waals surface area contributed by atoms with Gasteiger partial charge in [0.2, 0.25) is 10.0 Å². The van der Waals surface area contributed by atoms with Crippen molar-refractivity contribution < 1.29 is 8.42 Å². The highest BCUT2D eigenvalue weighted by Crippen LogP contribution is 2.40. The Morgan fingerprint density at radius 3 is 2.06 bits per heavy atom. The lowest BCUT2D eigenvalue weighted by atomic mass is 9.69. The van der Waals surface area contributed by atoms with Crippen LogP contribution in [0.25, 0.3) is 0 Å². The summed E-state index contributed by atoms with van der Waals surface area (Å²) in [6.07, 6.45) is 5.49. The second kappa shape index (κ2) is 5.70. The van der Waals surface area contributed by atoms with Crippen molar-refractivity contribution in [1.82, 2.24) is 4.72 Å². The zero-order chi connectivity index (χ0) is 13.1. The lowest BCUT2D eigenvalue weighted by molar-refractivity contribution is 0.142. The molecule has 102 valence electrons. The molecule has 0 unspecified atom stereocenters. The van der Waals surface area contributed by atoms with Crippen molar-refractivity contribution in [2.75, 3.05) is 5.75 Å². The maximum atomic E-state index is 11.5. The largest absolute Gasteiger partial charge is 0.212 e. The third-order valence-electron chi connectivity index (χ3n) is 4.47. The van der Waals surface area contributed by atoms with E-state index in [-0.39, 0.29) is 11.8 Å². The van der Waals surface area contributed by atoms with Gasteiger partial charge in [-0.2, -0.15) is 0 Å². The Morgan fingerprint density at radius 2 is 1.65 bits per heavy atom. The Kier molecular flexibility index (Phi) is 5.02. The van der Waals surface area contributed by atoms with E-state index in [1.165, 1.54) is 6.42 Å². The topological polar surface area (TPSA) is 46.2 Å². The summed E-state index contributed by atoms with van der Waals surface area (Å²) in [6.45, 7) is 8.59. The minimum Gasteiger partial charge on any atom is -0.212 e. The molecule has 0 heterocycles. The zero-order valence-electron chi connectivity index (χ0n) is 11.6. The Bertz CT molecular complexity index is 327. The number of hydrogen-bond donors (Lipinski definition) is 1. The van der Waals surface area contributed by atoms with Gasteiger partial charge in [0.1, 0.15) is 0 Å². The van der Waals surface area contributed by atoms with Crippen LogP contribution >= 0.6 is 0 Å². The maximum Gasteiger partial charge on any atom is 0.211 e.